The van der Waals surface area contributed by atoms with Gasteiger partial charge in [0.25, 0.3) is 0 Å². The fraction of sp³-hybridized carbons (Fsp3) is 0.462. The van der Waals surface area contributed by atoms with Crippen molar-refractivity contribution in [3.8, 4) is 0 Å². The number of rotatable bonds is 6. The molecule has 5 heteroatoms. The van der Waals surface area contributed by atoms with E-state index >= 15 is 0 Å². The average molecular weight is 268 g/mol. The molecule has 0 bridgehead atoms. The number of anilines is 1. The number of hydrogen-bond donors (Lipinski definition) is 2. The van der Waals surface area contributed by atoms with Crippen molar-refractivity contribution in [2.45, 2.75) is 25.8 Å². The van der Waals surface area contributed by atoms with E-state index in [1.54, 1.807) is 12.3 Å². The van der Waals surface area contributed by atoms with E-state index < -0.39 is 10.8 Å². The largest absolute Gasteiger partial charge is 0.398 e. The third-order valence-electron chi connectivity index (χ3n) is 2.65. The molecular weight excluding hydrogens is 248 g/mol. The van der Waals surface area contributed by atoms with Gasteiger partial charge in [-0.05, 0) is 25.0 Å². The Morgan fingerprint density at radius 2 is 2.11 bits per heavy atom. The minimum atomic E-state index is -0.814. The van der Waals surface area contributed by atoms with Crippen LogP contribution < -0.4 is 11.1 Å². The van der Waals surface area contributed by atoms with Crippen LogP contribution in [0.3, 0.4) is 0 Å². The second-order valence-electron chi connectivity index (χ2n) is 4.41. The van der Waals surface area contributed by atoms with Crippen LogP contribution >= 0.6 is 0 Å². The summed E-state index contributed by atoms with van der Waals surface area (Å²) in [6.45, 7) is 1.92. The van der Waals surface area contributed by atoms with Gasteiger partial charge in [0.2, 0.25) is 5.91 Å². The summed E-state index contributed by atoms with van der Waals surface area (Å²) in [5.41, 5.74) is 7.25. The van der Waals surface area contributed by atoms with Crippen molar-refractivity contribution in [1.29, 1.82) is 0 Å². The minimum Gasteiger partial charge on any atom is -0.398 e. The Kier molecular flexibility index (Phi) is 5.85. The van der Waals surface area contributed by atoms with E-state index in [9.17, 15) is 9.00 Å². The predicted octanol–water partition coefficient (Wildman–Crippen LogP) is 1.08. The lowest BCUT2D eigenvalue weighted by atomic mass is 10.1. The molecule has 4 nitrogen and oxygen atoms in total. The van der Waals surface area contributed by atoms with E-state index in [4.69, 9.17) is 5.73 Å². The predicted molar refractivity (Wildman–Crippen MR) is 75.7 cm³/mol. The van der Waals surface area contributed by atoms with Gasteiger partial charge in [-0.1, -0.05) is 18.2 Å². The van der Waals surface area contributed by atoms with Crippen molar-refractivity contribution in [1.82, 2.24) is 5.32 Å². The first-order valence-electron chi connectivity index (χ1n) is 5.92. The van der Waals surface area contributed by atoms with Gasteiger partial charge in [0, 0.05) is 34.5 Å². The molecule has 1 aromatic carbocycles. The molecule has 0 aliphatic heterocycles. The molecule has 0 aromatic heterocycles. The van der Waals surface area contributed by atoms with E-state index in [-0.39, 0.29) is 18.4 Å². The van der Waals surface area contributed by atoms with E-state index in [1.807, 2.05) is 25.1 Å². The molecule has 3 N–H and O–H groups in total. The second kappa shape index (κ2) is 7.16. The molecule has 18 heavy (non-hydrogen) atoms. The second-order valence-corrected chi connectivity index (χ2v) is 5.96. The molecule has 1 aromatic rings. The van der Waals surface area contributed by atoms with Gasteiger partial charge in [-0.25, -0.2) is 0 Å². The number of nitrogen functional groups attached to an aromatic ring is 1. The summed E-state index contributed by atoms with van der Waals surface area (Å²) in [6, 6.07) is 7.37. The van der Waals surface area contributed by atoms with Crippen molar-refractivity contribution in [3.05, 3.63) is 29.8 Å². The Hall–Kier alpha value is -1.36. The fourth-order valence-corrected chi connectivity index (χ4v) is 2.29. The van der Waals surface area contributed by atoms with Crippen LogP contribution in [-0.2, 0) is 22.0 Å². The maximum atomic E-state index is 11.8. The van der Waals surface area contributed by atoms with E-state index in [0.717, 1.165) is 12.0 Å². The summed E-state index contributed by atoms with van der Waals surface area (Å²) in [7, 11) is -0.814. The Balaban J connectivity index is 2.42. The third kappa shape index (κ3) is 5.31. The van der Waals surface area contributed by atoms with Gasteiger partial charge in [0.1, 0.15) is 0 Å². The van der Waals surface area contributed by atoms with Crippen LogP contribution in [0.4, 0.5) is 5.69 Å². The Morgan fingerprint density at radius 1 is 1.44 bits per heavy atom. The van der Waals surface area contributed by atoms with Crippen LogP contribution in [0.25, 0.3) is 0 Å². The number of amides is 1. The van der Waals surface area contributed by atoms with Gasteiger partial charge in [0.05, 0.1) is 6.42 Å². The zero-order valence-electron chi connectivity index (χ0n) is 10.8. The Morgan fingerprint density at radius 3 is 2.72 bits per heavy atom. The smallest absolute Gasteiger partial charge is 0.224 e. The van der Waals surface area contributed by atoms with E-state index in [2.05, 4.69) is 5.32 Å². The topological polar surface area (TPSA) is 72.2 Å². The normalized spacial score (nSPS) is 13.9. The number of nitrogens with two attached hydrogens (primary N) is 1. The van der Waals surface area contributed by atoms with Gasteiger partial charge in [-0.2, -0.15) is 0 Å². The van der Waals surface area contributed by atoms with Crippen LogP contribution in [0.1, 0.15) is 18.9 Å². The van der Waals surface area contributed by atoms with E-state index in [1.165, 1.54) is 0 Å². The van der Waals surface area contributed by atoms with Crippen LogP contribution in [0.15, 0.2) is 24.3 Å². The zero-order valence-corrected chi connectivity index (χ0v) is 11.6. The SMILES string of the molecule is CC(CCS(C)=O)NC(=O)Cc1ccccc1N. The molecule has 0 fully saturated rings. The van der Waals surface area contributed by atoms with Crippen LogP contribution in [-0.4, -0.2) is 28.2 Å². The highest BCUT2D eigenvalue weighted by atomic mass is 32.2. The summed E-state index contributed by atoms with van der Waals surface area (Å²) in [5.74, 6) is 0.553. The molecule has 1 rings (SSSR count). The first kappa shape index (κ1) is 14.7. The molecule has 0 aliphatic carbocycles. The number of para-hydroxylation sites is 1. The van der Waals surface area contributed by atoms with Crippen molar-refractivity contribution >= 4 is 22.4 Å². The van der Waals surface area contributed by atoms with Gasteiger partial charge in [-0.3, -0.25) is 9.00 Å². The van der Waals surface area contributed by atoms with Gasteiger partial charge >= 0.3 is 0 Å². The summed E-state index contributed by atoms with van der Waals surface area (Å²) >= 11 is 0. The number of carbonyl (C=O) groups is 1. The maximum absolute atomic E-state index is 11.8. The van der Waals surface area contributed by atoms with Crippen molar-refractivity contribution in [3.63, 3.8) is 0 Å². The van der Waals surface area contributed by atoms with Crippen molar-refractivity contribution in [2.75, 3.05) is 17.7 Å². The molecule has 2 atom stereocenters. The molecule has 0 heterocycles. The van der Waals surface area contributed by atoms with Crippen LogP contribution in [0.2, 0.25) is 0 Å². The molecule has 0 spiro atoms. The molecule has 0 radical (unpaired) electrons. The van der Waals surface area contributed by atoms with Crippen LogP contribution in [0.5, 0.6) is 0 Å². The van der Waals surface area contributed by atoms with Gasteiger partial charge < -0.3 is 11.1 Å². The third-order valence-corrected chi connectivity index (χ3v) is 3.46. The summed E-state index contributed by atoms with van der Waals surface area (Å²) in [6.07, 6.45) is 2.67. The molecule has 0 saturated carbocycles. The lowest BCUT2D eigenvalue weighted by Gasteiger charge is -2.13. The molecular formula is C13H20N2O2S. The monoisotopic (exact) mass is 268 g/mol. The number of carbonyl (C=O) groups excluding carboxylic acids is 1. The van der Waals surface area contributed by atoms with Crippen LogP contribution in [0, 0.1) is 0 Å². The van der Waals surface area contributed by atoms with Crippen molar-refractivity contribution < 1.29 is 9.00 Å². The first-order chi connectivity index (χ1) is 8.49. The lowest BCUT2D eigenvalue weighted by molar-refractivity contribution is -0.121. The molecule has 0 saturated heterocycles. The molecule has 2 unspecified atom stereocenters. The Labute approximate surface area is 110 Å². The maximum Gasteiger partial charge on any atom is 0.224 e. The quantitative estimate of drug-likeness (QED) is 0.758. The molecule has 100 valence electrons. The van der Waals surface area contributed by atoms with Gasteiger partial charge in [0.15, 0.2) is 0 Å². The highest BCUT2D eigenvalue weighted by Crippen LogP contribution is 2.11. The number of nitrogens with one attached hydrogen (secondary N) is 1. The minimum absolute atomic E-state index is 0.0336. The summed E-state index contributed by atoms with van der Waals surface area (Å²) in [5, 5.41) is 2.88. The molecule has 0 aliphatic rings. The van der Waals surface area contributed by atoms with Gasteiger partial charge in [-0.15, -0.1) is 0 Å². The lowest BCUT2D eigenvalue weighted by Crippen LogP contribution is -2.34. The zero-order chi connectivity index (χ0) is 13.5. The highest BCUT2D eigenvalue weighted by Gasteiger charge is 2.10. The summed E-state index contributed by atoms with van der Waals surface area (Å²) in [4.78, 5) is 11.8. The fourth-order valence-electron chi connectivity index (χ4n) is 1.61. The number of hydrogen-bond acceptors (Lipinski definition) is 3. The average Bonchev–Trinajstić information content (AvgIpc) is 2.29. The number of benzene rings is 1. The first-order valence-corrected chi connectivity index (χ1v) is 7.64. The molecule has 1 amide bonds. The standard InChI is InChI=1S/C13H20N2O2S/c1-10(7-8-18(2)17)15-13(16)9-11-5-3-4-6-12(11)14/h3-6,10H,7-9,14H2,1-2H3,(H,15,16). The Bertz CT molecular complexity index is 435. The summed E-state index contributed by atoms with van der Waals surface area (Å²) < 4.78 is 11.0. The van der Waals surface area contributed by atoms with Crippen molar-refractivity contribution in [2.24, 2.45) is 0 Å². The highest BCUT2D eigenvalue weighted by molar-refractivity contribution is 7.84. The van der Waals surface area contributed by atoms with E-state index in [0.29, 0.717) is 11.4 Å².